The van der Waals surface area contributed by atoms with E-state index in [4.69, 9.17) is 0 Å². The number of hydrogen-bond acceptors (Lipinski definition) is 8. The van der Waals surface area contributed by atoms with Gasteiger partial charge in [-0.25, -0.2) is 4.39 Å². The number of benzene rings is 1. The number of amides is 2. The maximum atomic E-state index is 13.7. The second-order valence-electron chi connectivity index (χ2n) is 10.3. The Morgan fingerprint density at radius 1 is 1.18 bits per heavy atom. The van der Waals surface area contributed by atoms with Gasteiger partial charge in [-0.15, -0.1) is 10.2 Å². The van der Waals surface area contributed by atoms with Gasteiger partial charge >= 0.3 is 0 Å². The quantitative estimate of drug-likeness (QED) is 0.516. The van der Waals surface area contributed by atoms with Crippen molar-refractivity contribution >= 4 is 23.2 Å². The Labute approximate surface area is 229 Å². The number of aromatic hydroxyl groups is 1. The van der Waals surface area contributed by atoms with Gasteiger partial charge < -0.3 is 14.9 Å². The van der Waals surface area contributed by atoms with Gasteiger partial charge in [0.05, 0.1) is 5.56 Å². The van der Waals surface area contributed by atoms with Crippen molar-refractivity contribution in [1.82, 2.24) is 24.7 Å². The average Bonchev–Trinajstić information content (AvgIpc) is 3.38. The molecule has 12 heteroatoms. The monoisotopic (exact) mass is 554 g/mol. The van der Waals surface area contributed by atoms with E-state index in [9.17, 15) is 23.9 Å². The van der Waals surface area contributed by atoms with Crippen LogP contribution in [0, 0.1) is 11.7 Å². The fourth-order valence-corrected chi connectivity index (χ4v) is 6.68. The van der Waals surface area contributed by atoms with E-state index in [1.807, 2.05) is 19.0 Å². The molecule has 1 fully saturated rings. The molecule has 1 aromatic carbocycles. The SMILES string of the molecule is CCN1C(=O)c2c(O)c(=O)c(-c3nnc(Cc4ccc(F)cc4)s3)cn2N(C)C12CCC(C(=O)N(C)C)CC2. The van der Waals surface area contributed by atoms with Gasteiger partial charge in [0.15, 0.2) is 16.5 Å². The minimum atomic E-state index is -0.713. The fraction of sp³-hybridized carbons (Fsp3) is 0.444. The molecular formula is C27H31FN6O4S. The van der Waals surface area contributed by atoms with Crippen molar-refractivity contribution in [3.63, 3.8) is 0 Å². The smallest absolute Gasteiger partial charge is 0.278 e. The zero-order chi connectivity index (χ0) is 28.1. The van der Waals surface area contributed by atoms with E-state index in [1.54, 1.807) is 46.9 Å². The third-order valence-corrected chi connectivity index (χ3v) is 8.86. The summed E-state index contributed by atoms with van der Waals surface area (Å²) in [6.07, 6.45) is 4.32. The molecule has 39 heavy (non-hydrogen) atoms. The largest absolute Gasteiger partial charge is 0.502 e. The number of carbonyl (C=O) groups is 2. The van der Waals surface area contributed by atoms with E-state index in [0.717, 1.165) is 5.56 Å². The molecular weight excluding hydrogens is 523 g/mol. The van der Waals surface area contributed by atoms with Crippen LogP contribution in [0.5, 0.6) is 5.75 Å². The van der Waals surface area contributed by atoms with E-state index in [1.165, 1.54) is 23.5 Å². The summed E-state index contributed by atoms with van der Waals surface area (Å²) in [4.78, 5) is 42.9. The molecule has 1 saturated carbocycles. The molecule has 3 heterocycles. The van der Waals surface area contributed by atoms with Crippen LogP contribution < -0.4 is 10.4 Å². The van der Waals surface area contributed by atoms with Gasteiger partial charge in [-0.2, -0.15) is 0 Å². The topological polar surface area (TPSA) is 112 Å². The van der Waals surface area contributed by atoms with Crippen LogP contribution in [0.15, 0.2) is 35.3 Å². The van der Waals surface area contributed by atoms with Gasteiger partial charge in [-0.05, 0) is 50.3 Å². The Morgan fingerprint density at radius 2 is 1.85 bits per heavy atom. The molecule has 2 aliphatic rings. The number of halogens is 1. The number of pyridine rings is 1. The number of aromatic nitrogens is 3. The minimum absolute atomic E-state index is 0.0781. The van der Waals surface area contributed by atoms with Crippen LogP contribution in [-0.4, -0.2) is 74.9 Å². The summed E-state index contributed by atoms with van der Waals surface area (Å²) in [5.74, 6) is -1.43. The average molecular weight is 555 g/mol. The highest BCUT2D eigenvalue weighted by atomic mass is 32.1. The molecule has 2 aromatic heterocycles. The molecule has 206 valence electrons. The van der Waals surface area contributed by atoms with Crippen molar-refractivity contribution in [2.24, 2.45) is 5.92 Å². The lowest BCUT2D eigenvalue weighted by Gasteiger charge is -2.56. The van der Waals surface area contributed by atoms with Gasteiger partial charge in [-0.3, -0.25) is 24.1 Å². The summed E-state index contributed by atoms with van der Waals surface area (Å²) in [6, 6.07) is 6.07. The molecule has 1 N–H and O–H groups in total. The molecule has 0 radical (unpaired) electrons. The third-order valence-electron chi connectivity index (χ3n) is 7.90. The first-order valence-corrected chi connectivity index (χ1v) is 13.7. The van der Waals surface area contributed by atoms with Crippen LogP contribution in [0.2, 0.25) is 0 Å². The molecule has 0 unspecified atom stereocenters. The first kappa shape index (κ1) is 26.8. The molecule has 5 rings (SSSR count). The zero-order valence-corrected chi connectivity index (χ0v) is 23.2. The zero-order valence-electron chi connectivity index (χ0n) is 22.3. The summed E-state index contributed by atoms with van der Waals surface area (Å²) in [7, 11) is 5.33. The first-order chi connectivity index (χ1) is 18.6. The molecule has 3 aromatic rings. The summed E-state index contributed by atoms with van der Waals surface area (Å²) in [5, 5.41) is 22.2. The van der Waals surface area contributed by atoms with Crippen LogP contribution >= 0.6 is 11.3 Å². The Kier molecular flexibility index (Phi) is 6.91. The molecule has 1 aliphatic carbocycles. The van der Waals surface area contributed by atoms with Gasteiger partial charge in [0.2, 0.25) is 11.3 Å². The molecule has 2 amide bonds. The minimum Gasteiger partial charge on any atom is -0.502 e. The fourth-order valence-electron chi connectivity index (χ4n) is 5.80. The van der Waals surface area contributed by atoms with Crippen molar-refractivity contribution in [1.29, 1.82) is 0 Å². The van der Waals surface area contributed by atoms with Gasteiger partial charge in [-0.1, -0.05) is 23.5 Å². The van der Waals surface area contributed by atoms with Crippen LogP contribution in [0.25, 0.3) is 10.6 Å². The number of rotatable bonds is 5. The van der Waals surface area contributed by atoms with Crippen LogP contribution in [0.4, 0.5) is 4.39 Å². The van der Waals surface area contributed by atoms with E-state index in [-0.39, 0.29) is 28.9 Å². The second kappa shape index (κ2) is 10.1. The van der Waals surface area contributed by atoms with Crippen molar-refractivity contribution in [2.45, 2.75) is 44.7 Å². The van der Waals surface area contributed by atoms with E-state index in [2.05, 4.69) is 10.2 Å². The van der Waals surface area contributed by atoms with Crippen LogP contribution in [-0.2, 0) is 11.2 Å². The van der Waals surface area contributed by atoms with E-state index in [0.29, 0.717) is 48.7 Å². The summed E-state index contributed by atoms with van der Waals surface area (Å²) in [6.45, 7) is 2.25. The highest BCUT2D eigenvalue weighted by molar-refractivity contribution is 7.14. The summed E-state index contributed by atoms with van der Waals surface area (Å²) >= 11 is 1.20. The van der Waals surface area contributed by atoms with Crippen molar-refractivity contribution in [3.05, 3.63) is 62.8 Å². The lowest BCUT2D eigenvalue weighted by Crippen LogP contribution is -2.70. The van der Waals surface area contributed by atoms with Crippen LogP contribution in [0.3, 0.4) is 0 Å². The maximum Gasteiger partial charge on any atom is 0.278 e. The number of carbonyl (C=O) groups excluding carboxylic acids is 2. The van der Waals surface area contributed by atoms with E-state index < -0.39 is 22.7 Å². The summed E-state index contributed by atoms with van der Waals surface area (Å²) < 4.78 is 14.8. The Bertz CT molecular complexity index is 1480. The van der Waals surface area contributed by atoms with Gasteiger partial charge in [0.25, 0.3) is 5.91 Å². The Balaban J connectivity index is 1.51. The molecule has 0 bridgehead atoms. The lowest BCUT2D eigenvalue weighted by atomic mass is 9.79. The molecule has 1 aliphatic heterocycles. The van der Waals surface area contributed by atoms with E-state index >= 15 is 0 Å². The molecule has 1 spiro atoms. The van der Waals surface area contributed by atoms with Crippen molar-refractivity contribution in [3.8, 4) is 16.3 Å². The number of fused-ring (bicyclic) bond motifs is 1. The standard InChI is InChI=1S/C27H31FN6O4S/c1-5-33-26(38)21-23(36)22(35)19(24-30-29-20(39-24)14-16-6-8-18(28)9-7-16)15-34(21)32(4)27(33)12-10-17(11-13-27)25(37)31(2)3/h6-9,15,17,36H,5,10-14H2,1-4H3. The number of nitrogens with zero attached hydrogens (tertiary/aromatic N) is 6. The Morgan fingerprint density at radius 3 is 2.46 bits per heavy atom. The molecule has 10 nitrogen and oxygen atoms in total. The van der Waals surface area contributed by atoms with Crippen molar-refractivity contribution < 1.29 is 19.1 Å². The second-order valence-corrected chi connectivity index (χ2v) is 11.3. The third kappa shape index (κ3) is 4.46. The normalized spacial score (nSPS) is 20.8. The van der Waals surface area contributed by atoms with Gasteiger partial charge in [0.1, 0.15) is 16.5 Å². The van der Waals surface area contributed by atoms with Crippen molar-refractivity contribution in [2.75, 3.05) is 32.7 Å². The molecule has 0 saturated heterocycles. The van der Waals surface area contributed by atoms with Gasteiger partial charge in [0, 0.05) is 46.2 Å². The predicted octanol–water partition coefficient (Wildman–Crippen LogP) is 2.82. The summed E-state index contributed by atoms with van der Waals surface area (Å²) in [5.41, 5.74) is -0.522. The number of hydrogen-bond donors (Lipinski definition) is 1. The highest BCUT2D eigenvalue weighted by Gasteiger charge is 2.51. The molecule has 0 atom stereocenters. The Hall–Kier alpha value is -3.80. The maximum absolute atomic E-state index is 13.7. The first-order valence-electron chi connectivity index (χ1n) is 12.9. The van der Waals surface area contributed by atoms with Crippen LogP contribution in [0.1, 0.15) is 53.7 Å². The predicted molar refractivity (Wildman–Crippen MR) is 145 cm³/mol. The highest BCUT2D eigenvalue weighted by Crippen LogP contribution is 2.42. The lowest BCUT2D eigenvalue weighted by molar-refractivity contribution is -0.135.